The first-order chi connectivity index (χ1) is 20.3. The average molecular weight is 562 g/mol. The van der Waals surface area contributed by atoms with Crippen LogP contribution in [0.4, 0.5) is 11.4 Å². The van der Waals surface area contributed by atoms with E-state index in [0.717, 1.165) is 96.0 Å². The van der Waals surface area contributed by atoms with Crippen molar-refractivity contribution in [2.45, 2.75) is 13.1 Å². The molecule has 8 nitrogen and oxygen atoms in total. The summed E-state index contributed by atoms with van der Waals surface area (Å²) in [5, 5.41) is 0. The Morgan fingerprint density at radius 3 is 2.15 bits per heavy atom. The molecule has 3 aromatic carbocycles. The normalized spacial score (nSPS) is 16.0. The van der Waals surface area contributed by atoms with Gasteiger partial charge in [0, 0.05) is 57.2 Å². The van der Waals surface area contributed by atoms with Gasteiger partial charge in [0.15, 0.2) is 0 Å². The topological polar surface area (TPSA) is 55.9 Å². The summed E-state index contributed by atoms with van der Waals surface area (Å²) in [6.45, 7) is 11.4. The van der Waals surface area contributed by atoms with Gasteiger partial charge in [0.05, 0.1) is 46.8 Å². The first-order valence-corrected chi connectivity index (χ1v) is 14.7. The molecule has 0 spiro atoms. The molecule has 0 unspecified atom stereocenters. The van der Waals surface area contributed by atoms with E-state index in [1.165, 1.54) is 16.8 Å². The molecule has 0 saturated carbocycles. The molecule has 0 atom stereocenters. The molecule has 2 fully saturated rings. The number of anilines is 2. The second-order valence-electron chi connectivity index (χ2n) is 10.4. The molecule has 0 amide bonds. The minimum absolute atomic E-state index is 0.533. The van der Waals surface area contributed by atoms with Gasteiger partial charge in [0.2, 0.25) is 0 Å². The zero-order chi connectivity index (χ0) is 28.1. The number of hydrogen-bond donors (Lipinski definition) is 0. The number of benzene rings is 3. The molecule has 0 aliphatic carbocycles. The fraction of sp³-hybridized carbons (Fsp3) is 0.455. The van der Waals surface area contributed by atoms with Crippen molar-refractivity contribution in [1.29, 1.82) is 0 Å². The highest BCUT2D eigenvalue weighted by Crippen LogP contribution is 2.26. The van der Waals surface area contributed by atoms with Gasteiger partial charge in [-0.15, -0.1) is 0 Å². The standard InChI is InChI=1S/C33H43N3O5/c1-37-33-4-2-3-29(25-33)27-36(26-28-5-7-30(8-6-28)35-16-21-39-22-17-35)31-9-11-32(12-10-31)41-24-23-40-20-15-34-13-18-38-19-14-34/h2-12,25H,13-24,26-27H2,1H3. The van der Waals surface area contributed by atoms with E-state index in [9.17, 15) is 0 Å². The van der Waals surface area contributed by atoms with Crippen LogP contribution >= 0.6 is 0 Å². The quantitative estimate of drug-likeness (QED) is 0.268. The zero-order valence-corrected chi connectivity index (χ0v) is 24.2. The van der Waals surface area contributed by atoms with Crippen molar-refractivity contribution in [3.8, 4) is 11.5 Å². The number of morpholine rings is 2. The molecule has 2 saturated heterocycles. The summed E-state index contributed by atoms with van der Waals surface area (Å²) >= 11 is 0. The minimum Gasteiger partial charge on any atom is -0.497 e. The van der Waals surface area contributed by atoms with E-state index >= 15 is 0 Å². The molecular weight excluding hydrogens is 518 g/mol. The number of rotatable bonds is 14. The van der Waals surface area contributed by atoms with Gasteiger partial charge in [-0.05, 0) is 59.7 Å². The Bertz CT molecular complexity index is 1160. The molecule has 8 heteroatoms. The van der Waals surface area contributed by atoms with Crippen molar-refractivity contribution in [3.05, 3.63) is 83.9 Å². The van der Waals surface area contributed by atoms with Gasteiger partial charge >= 0.3 is 0 Å². The Morgan fingerprint density at radius 2 is 1.41 bits per heavy atom. The van der Waals surface area contributed by atoms with Crippen LogP contribution in [0.2, 0.25) is 0 Å². The first kappa shape index (κ1) is 29.2. The highest BCUT2D eigenvalue weighted by molar-refractivity contribution is 5.52. The maximum atomic E-state index is 5.96. The lowest BCUT2D eigenvalue weighted by Crippen LogP contribution is -2.38. The number of ether oxygens (including phenoxy) is 5. The fourth-order valence-corrected chi connectivity index (χ4v) is 5.18. The predicted molar refractivity (Wildman–Crippen MR) is 162 cm³/mol. The van der Waals surface area contributed by atoms with E-state index < -0.39 is 0 Å². The van der Waals surface area contributed by atoms with Gasteiger partial charge in [0.1, 0.15) is 18.1 Å². The lowest BCUT2D eigenvalue weighted by atomic mass is 10.1. The molecule has 3 aromatic rings. The summed E-state index contributed by atoms with van der Waals surface area (Å²) in [6.07, 6.45) is 0. The molecule has 220 valence electrons. The van der Waals surface area contributed by atoms with Gasteiger partial charge in [-0.1, -0.05) is 24.3 Å². The van der Waals surface area contributed by atoms with E-state index in [1.54, 1.807) is 7.11 Å². The van der Waals surface area contributed by atoms with Crippen LogP contribution in [0.1, 0.15) is 11.1 Å². The molecule has 0 N–H and O–H groups in total. The van der Waals surface area contributed by atoms with Crippen molar-refractivity contribution < 1.29 is 23.7 Å². The van der Waals surface area contributed by atoms with E-state index in [2.05, 4.69) is 63.2 Å². The molecule has 5 rings (SSSR count). The fourth-order valence-electron chi connectivity index (χ4n) is 5.18. The van der Waals surface area contributed by atoms with E-state index in [4.69, 9.17) is 23.7 Å². The lowest BCUT2D eigenvalue weighted by molar-refractivity contribution is 0.0170. The molecule has 0 radical (unpaired) electrons. The van der Waals surface area contributed by atoms with Gasteiger partial charge in [0.25, 0.3) is 0 Å². The van der Waals surface area contributed by atoms with Crippen molar-refractivity contribution in [2.75, 3.05) is 95.9 Å². The van der Waals surface area contributed by atoms with Gasteiger partial charge in [-0.2, -0.15) is 0 Å². The SMILES string of the molecule is COc1cccc(CN(Cc2ccc(N3CCOCC3)cc2)c2ccc(OCCOCCN3CCOCC3)cc2)c1. The highest BCUT2D eigenvalue weighted by atomic mass is 16.5. The Balaban J connectivity index is 1.17. The Morgan fingerprint density at radius 1 is 0.707 bits per heavy atom. The van der Waals surface area contributed by atoms with Crippen LogP contribution in [0.5, 0.6) is 11.5 Å². The van der Waals surface area contributed by atoms with Crippen LogP contribution in [0, 0.1) is 0 Å². The summed E-state index contributed by atoms with van der Waals surface area (Å²) in [5.41, 5.74) is 4.85. The number of methoxy groups -OCH3 is 1. The average Bonchev–Trinajstić information content (AvgIpc) is 3.04. The van der Waals surface area contributed by atoms with E-state index in [1.807, 2.05) is 24.3 Å². The molecule has 2 aliphatic rings. The van der Waals surface area contributed by atoms with E-state index in [-0.39, 0.29) is 0 Å². The summed E-state index contributed by atoms with van der Waals surface area (Å²) in [4.78, 5) is 7.14. The van der Waals surface area contributed by atoms with Crippen molar-refractivity contribution in [3.63, 3.8) is 0 Å². The smallest absolute Gasteiger partial charge is 0.119 e. The van der Waals surface area contributed by atoms with Crippen LogP contribution in [0.15, 0.2) is 72.8 Å². The molecule has 2 aliphatic heterocycles. The Hall–Kier alpha value is -3.30. The number of hydrogen-bond acceptors (Lipinski definition) is 8. The third-order valence-electron chi connectivity index (χ3n) is 7.55. The maximum Gasteiger partial charge on any atom is 0.119 e. The second kappa shape index (κ2) is 15.6. The molecule has 0 bridgehead atoms. The van der Waals surface area contributed by atoms with Crippen LogP contribution in [0.3, 0.4) is 0 Å². The largest absolute Gasteiger partial charge is 0.497 e. The third kappa shape index (κ3) is 9.10. The monoisotopic (exact) mass is 561 g/mol. The summed E-state index contributed by atoms with van der Waals surface area (Å²) in [7, 11) is 1.71. The second-order valence-corrected chi connectivity index (χ2v) is 10.4. The summed E-state index contributed by atoms with van der Waals surface area (Å²) < 4.78 is 28.1. The van der Waals surface area contributed by atoms with Crippen LogP contribution in [0.25, 0.3) is 0 Å². The molecular formula is C33H43N3O5. The molecule has 41 heavy (non-hydrogen) atoms. The van der Waals surface area contributed by atoms with E-state index in [0.29, 0.717) is 13.2 Å². The maximum absolute atomic E-state index is 5.96. The minimum atomic E-state index is 0.533. The van der Waals surface area contributed by atoms with Crippen LogP contribution in [-0.4, -0.2) is 91.0 Å². The van der Waals surface area contributed by atoms with Crippen LogP contribution < -0.4 is 19.3 Å². The highest BCUT2D eigenvalue weighted by Gasteiger charge is 2.14. The summed E-state index contributed by atoms with van der Waals surface area (Å²) in [6, 6.07) is 25.6. The van der Waals surface area contributed by atoms with Gasteiger partial charge in [-0.25, -0.2) is 0 Å². The number of nitrogens with zero attached hydrogens (tertiary/aromatic N) is 3. The molecule has 0 aromatic heterocycles. The first-order valence-electron chi connectivity index (χ1n) is 14.7. The zero-order valence-electron chi connectivity index (χ0n) is 24.2. The third-order valence-corrected chi connectivity index (χ3v) is 7.55. The van der Waals surface area contributed by atoms with Gasteiger partial charge in [-0.3, -0.25) is 4.90 Å². The van der Waals surface area contributed by atoms with Crippen molar-refractivity contribution in [1.82, 2.24) is 4.90 Å². The summed E-state index contributed by atoms with van der Waals surface area (Å²) in [5.74, 6) is 1.72. The van der Waals surface area contributed by atoms with Gasteiger partial charge < -0.3 is 33.5 Å². The lowest BCUT2D eigenvalue weighted by Gasteiger charge is -2.29. The van der Waals surface area contributed by atoms with Crippen molar-refractivity contribution >= 4 is 11.4 Å². The molecule has 2 heterocycles. The Kier molecular flexibility index (Phi) is 11.1. The predicted octanol–water partition coefficient (Wildman–Crippen LogP) is 4.47. The van der Waals surface area contributed by atoms with Crippen molar-refractivity contribution in [2.24, 2.45) is 0 Å². The van der Waals surface area contributed by atoms with Crippen LogP contribution in [-0.2, 0) is 27.3 Å². The Labute approximate surface area is 244 Å².